The smallest absolute Gasteiger partial charge is 0.307 e. The Morgan fingerprint density at radius 3 is 2.56 bits per heavy atom. The van der Waals surface area contributed by atoms with E-state index in [-0.39, 0.29) is 18.6 Å². The lowest BCUT2D eigenvalue weighted by Crippen LogP contribution is -2.51. The van der Waals surface area contributed by atoms with Gasteiger partial charge in [0.2, 0.25) is 5.91 Å². The lowest BCUT2D eigenvalue weighted by atomic mass is 10.1. The van der Waals surface area contributed by atoms with Gasteiger partial charge in [0.25, 0.3) is 0 Å². The van der Waals surface area contributed by atoms with Crippen molar-refractivity contribution in [1.82, 2.24) is 4.90 Å². The Balaban J connectivity index is 2.10. The highest BCUT2D eigenvalue weighted by Gasteiger charge is 2.66. The lowest BCUT2D eigenvalue weighted by Gasteiger charge is -2.35. The van der Waals surface area contributed by atoms with Gasteiger partial charge >= 0.3 is 5.97 Å². The molecule has 18 heavy (non-hydrogen) atoms. The number of carbonyl (C=O) groups excluding carboxylic acids is 1. The van der Waals surface area contributed by atoms with Gasteiger partial charge in [-0.25, -0.2) is 0 Å². The molecule has 1 aliphatic carbocycles. The molecule has 0 aromatic rings. The van der Waals surface area contributed by atoms with E-state index >= 15 is 0 Å². The Bertz CT molecular complexity index is 367. The van der Waals surface area contributed by atoms with Gasteiger partial charge in [-0.1, -0.05) is 13.8 Å². The van der Waals surface area contributed by atoms with Crippen LogP contribution in [0.15, 0.2) is 0 Å². The van der Waals surface area contributed by atoms with Crippen LogP contribution < -0.4 is 0 Å². The fourth-order valence-electron chi connectivity index (χ4n) is 2.83. The summed E-state index contributed by atoms with van der Waals surface area (Å²) in [7, 11) is 0. The summed E-state index contributed by atoms with van der Waals surface area (Å²) in [6, 6.07) is -0.350. The van der Waals surface area contributed by atoms with Gasteiger partial charge in [-0.05, 0) is 5.41 Å². The predicted molar refractivity (Wildman–Crippen MR) is 61.8 cm³/mol. The van der Waals surface area contributed by atoms with E-state index in [9.17, 15) is 14.7 Å². The number of amides is 1. The van der Waals surface area contributed by atoms with Crippen molar-refractivity contribution in [3.8, 4) is 0 Å². The first-order chi connectivity index (χ1) is 8.41. The Morgan fingerprint density at radius 2 is 2.06 bits per heavy atom. The fourth-order valence-corrected chi connectivity index (χ4v) is 2.83. The number of aliphatic hydroxyl groups is 1. The van der Waals surface area contributed by atoms with Gasteiger partial charge in [0.05, 0.1) is 37.7 Å². The van der Waals surface area contributed by atoms with Crippen LogP contribution in [-0.4, -0.2) is 59.4 Å². The second kappa shape index (κ2) is 4.51. The van der Waals surface area contributed by atoms with Crippen molar-refractivity contribution in [3.05, 3.63) is 0 Å². The second-order valence-corrected chi connectivity index (χ2v) is 5.56. The molecule has 0 aromatic heterocycles. The molecule has 0 bridgehead atoms. The first-order valence-corrected chi connectivity index (χ1v) is 6.13. The van der Waals surface area contributed by atoms with Crippen LogP contribution in [0.1, 0.15) is 13.8 Å². The first-order valence-electron chi connectivity index (χ1n) is 6.13. The molecule has 1 saturated heterocycles. The van der Waals surface area contributed by atoms with Gasteiger partial charge in [0.15, 0.2) is 0 Å². The Kier molecular flexibility index (Phi) is 3.33. The maximum Gasteiger partial charge on any atom is 0.307 e. The molecule has 1 amide bonds. The minimum atomic E-state index is -0.924. The Hall–Kier alpha value is -1.14. The minimum Gasteiger partial charge on any atom is -0.481 e. The Morgan fingerprint density at radius 1 is 1.39 bits per heavy atom. The van der Waals surface area contributed by atoms with Crippen LogP contribution in [0.4, 0.5) is 0 Å². The van der Waals surface area contributed by atoms with Gasteiger partial charge in [0.1, 0.15) is 0 Å². The topological polar surface area (TPSA) is 87.1 Å². The molecule has 3 atom stereocenters. The van der Waals surface area contributed by atoms with Crippen LogP contribution in [0.3, 0.4) is 0 Å². The van der Waals surface area contributed by atoms with Crippen LogP contribution >= 0.6 is 0 Å². The zero-order valence-electron chi connectivity index (χ0n) is 10.6. The molecule has 6 heteroatoms. The molecule has 1 aliphatic heterocycles. The largest absolute Gasteiger partial charge is 0.481 e. The van der Waals surface area contributed by atoms with Crippen molar-refractivity contribution < 1.29 is 24.5 Å². The predicted octanol–water partition coefficient (Wildman–Crippen LogP) is -0.437. The highest BCUT2D eigenvalue weighted by atomic mass is 16.5. The molecule has 102 valence electrons. The molecule has 1 unspecified atom stereocenters. The second-order valence-electron chi connectivity index (χ2n) is 5.56. The summed E-state index contributed by atoms with van der Waals surface area (Å²) in [6.45, 7) is 4.60. The minimum absolute atomic E-state index is 0.156. The Labute approximate surface area is 106 Å². The number of hydrogen-bond acceptors (Lipinski definition) is 4. The van der Waals surface area contributed by atoms with Gasteiger partial charge in [-0.15, -0.1) is 0 Å². The van der Waals surface area contributed by atoms with Crippen molar-refractivity contribution in [2.75, 3.05) is 26.4 Å². The number of hydrogen-bond donors (Lipinski definition) is 2. The van der Waals surface area contributed by atoms with Crippen LogP contribution in [0.5, 0.6) is 0 Å². The number of carboxylic acid groups (broad SMARTS) is 1. The van der Waals surface area contributed by atoms with Crippen molar-refractivity contribution in [2.24, 2.45) is 17.3 Å². The molecule has 0 spiro atoms. The summed E-state index contributed by atoms with van der Waals surface area (Å²) in [4.78, 5) is 25.0. The van der Waals surface area contributed by atoms with E-state index in [4.69, 9.17) is 9.84 Å². The summed E-state index contributed by atoms with van der Waals surface area (Å²) in [5.41, 5.74) is -0.499. The zero-order chi connectivity index (χ0) is 13.5. The fraction of sp³-hybridized carbons (Fsp3) is 0.833. The number of ether oxygens (including phenoxy) is 1. The summed E-state index contributed by atoms with van der Waals surface area (Å²) in [5.74, 6) is -2.20. The molecular weight excluding hydrogens is 238 g/mol. The number of aliphatic carboxylic acids is 1. The number of carboxylic acids is 1. The summed E-state index contributed by atoms with van der Waals surface area (Å²) in [5, 5.41) is 18.3. The molecule has 0 radical (unpaired) electrons. The summed E-state index contributed by atoms with van der Waals surface area (Å²) < 4.78 is 5.21. The average Bonchev–Trinajstić information content (AvgIpc) is 2.91. The van der Waals surface area contributed by atoms with Crippen molar-refractivity contribution in [2.45, 2.75) is 19.9 Å². The van der Waals surface area contributed by atoms with Crippen molar-refractivity contribution in [1.29, 1.82) is 0 Å². The van der Waals surface area contributed by atoms with Crippen LogP contribution in [0.2, 0.25) is 0 Å². The van der Waals surface area contributed by atoms with E-state index in [0.717, 1.165) is 0 Å². The highest BCUT2D eigenvalue weighted by molar-refractivity contribution is 5.91. The third-order valence-corrected chi connectivity index (χ3v) is 4.08. The number of morpholine rings is 1. The molecule has 2 N–H and O–H groups in total. The SMILES string of the molecule is CC1(C)[C@H](C(=O)O)[C@@H]1C(=O)N1CCOCC1CO. The first kappa shape index (κ1) is 13.3. The van der Waals surface area contributed by atoms with Gasteiger partial charge in [0, 0.05) is 6.54 Å². The highest BCUT2D eigenvalue weighted by Crippen LogP contribution is 2.59. The van der Waals surface area contributed by atoms with Crippen LogP contribution in [0, 0.1) is 17.3 Å². The summed E-state index contributed by atoms with van der Waals surface area (Å²) in [6.07, 6.45) is 0. The molecule has 6 nitrogen and oxygen atoms in total. The molecular formula is C12H19NO5. The van der Waals surface area contributed by atoms with Crippen molar-refractivity contribution >= 4 is 11.9 Å². The molecule has 2 rings (SSSR count). The van der Waals surface area contributed by atoms with E-state index in [1.807, 2.05) is 0 Å². The monoisotopic (exact) mass is 257 g/mol. The van der Waals surface area contributed by atoms with E-state index in [2.05, 4.69) is 0 Å². The number of rotatable bonds is 3. The molecule has 1 heterocycles. The van der Waals surface area contributed by atoms with Crippen LogP contribution in [0.25, 0.3) is 0 Å². The molecule has 2 fully saturated rings. The van der Waals surface area contributed by atoms with Crippen molar-refractivity contribution in [3.63, 3.8) is 0 Å². The molecule has 2 aliphatic rings. The molecule has 0 aromatic carbocycles. The average molecular weight is 257 g/mol. The van der Waals surface area contributed by atoms with E-state index in [1.165, 1.54) is 0 Å². The quantitative estimate of drug-likeness (QED) is 0.716. The van der Waals surface area contributed by atoms with E-state index in [1.54, 1.807) is 18.7 Å². The number of nitrogens with zero attached hydrogens (tertiary/aromatic N) is 1. The third-order valence-electron chi connectivity index (χ3n) is 4.08. The van der Waals surface area contributed by atoms with Crippen LogP contribution in [-0.2, 0) is 14.3 Å². The van der Waals surface area contributed by atoms with Gasteiger partial charge in [-0.2, -0.15) is 0 Å². The maximum absolute atomic E-state index is 12.4. The maximum atomic E-state index is 12.4. The zero-order valence-corrected chi connectivity index (χ0v) is 10.6. The summed E-state index contributed by atoms with van der Waals surface area (Å²) >= 11 is 0. The van der Waals surface area contributed by atoms with E-state index in [0.29, 0.717) is 19.8 Å². The third kappa shape index (κ3) is 1.99. The van der Waals surface area contributed by atoms with Gasteiger partial charge in [-0.3, -0.25) is 9.59 Å². The lowest BCUT2D eigenvalue weighted by molar-refractivity contribution is -0.147. The number of aliphatic hydroxyl groups excluding tert-OH is 1. The molecule has 1 saturated carbocycles. The normalized spacial score (nSPS) is 34.2. The van der Waals surface area contributed by atoms with Gasteiger partial charge < -0.3 is 19.8 Å². The number of carbonyl (C=O) groups is 2. The van der Waals surface area contributed by atoms with E-state index < -0.39 is 23.2 Å². The standard InChI is InChI=1S/C12H19NO5/c1-12(2)8(9(12)11(16)17)10(15)13-3-4-18-6-7(13)5-14/h7-9,14H,3-6H2,1-2H3,(H,16,17)/t7?,8-,9+/m1/s1.